The minimum absolute atomic E-state index is 0.0760. The van der Waals surface area contributed by atoms with E-state index < -0.39 is 11.2 Å². The number of nitrogens with zero attached hydrogens (tertiary/aromatic N) is 4. The number of likely N-dealkylation sites (N-methyl/N-ethyl adjacent to an activating group) is 1. The zero-order valence-electron chi connectivity index (χ0n) is 20.1. The number of aryl methyl sites for hydroxylation is 1. The molecule has 5 rings (SSSR count). The van der Waals surface area contributed by atoms with Gasteiger partial charge in [-0.2, -0.15) is 0 Å². The number of hydrogen-bond acceptors (Lipinski definition) is 4. The molecule has 2 heterocycles. The Labute approximate surface area is 199 Å². The molecule has 178 valence electrons. The Morgan fingerprint density at radius 2 is 1.85 bits per heavy atom. The second kappa shape index (κ2) is 8.87. The SMILES string of the molecule is CCN1CCN(c2cc3c(cc2F)c(=O)c(C(=O)N(C)c2cccc(C)c2)cn3C2CC2)CC1. The summed E-state index contributed by atoms with van der Waals surface area (Å²) in [6.07, 6.45) is 3.66. The van der Waals surface area contributed by atoms with Gasteiger partial charge in [0, 0.05) is 56.5 Å². The van der Waals surface area contributed by atoms with Crippen LogP contribution in [0.2, 0.25) is 0 Å². The molecule has 1 saturated heterocycles. The molecule has 2 aromatic carbocycles. The Morgan fingerprint density at radius 3 is 2.50 bits per heavy atom. The van der Waals surface area contributed by atoms with E-state index in [4.69, 9.17) is 0 Å². The Bertz CT molecular complexity index is 1310. The molecule has 1 aliphatic carbocycles. The highest BCUT2D eigenvalue weighted by atomic mass is 19.1. The van der Waals surface area contributed by atoms with Crippen molar-refractivity contribution in [3.8, 4) is 0 Å². The summed E-state index contributed by atoms with van der Waals surface area (Å²) < 4.78 is 17.3. The van der Waals surface area contributed by atoms with E-state index in [0.29, 0.717) is 11.2 Å². The average molecular weight is 463 g/mol. The molecule has 2 fully saturated rings. The van der Waals surface area contributed by atoms with Crippen LogP contribution in [0.4, 0.5) is 15.8 Å². The first-order chi connectivity index (χ1) is 16.4. The molecule has 0 radical (unpaired) electrons. The topological polar surface area (TPSA) is 48.8 Å². The fourth-order valence-electron chi connectivity index (χ4n) is 4.85. The van der Waals surface area contributed by atoms with E-state index in [1.807, 2.05) is 41.8 Å². The quantitative estimate of drug-likeness (QED) is 0.570. The number of fused-ring (bicyclic) bond motifs is 1. The summed E-state index contributed by atoms with van der Waals surface area (Å²) >= 11 is 0. The lowest BCUT2D eigenvalue weighted by atomic mass is 10.1. The van der Waals surface area contributed by atoms with Gasteiger partial charge in [-0.25, -0.2) is 4.39 Å². The second-order valence-corrected chi connectivity index (χ2v) is 9.46. The van der Waals surface area contributed by atoms with E-state index >= 15 is 4.39 Å². The van der Waals surface area contributed by atoms with Crippen LogP contribution >= 0.6 is 0 Å². The number of piperazine rings is 1. The third kappa shape index (κ3) is 4.09. The van der Waals surface area contributed by atoms with Gasteiger partial charge in [-0.3, -0.25) is 9.59 Å². The van der Waals surface area contributed by atoms with Crippen molar-refractivity contribution in [2.24, 2.45) is 0 Å². The summed E-state index contributed by atoms with van der Waals surface area (Å²) in [7, 11) is 1.67. The first-order valence-electron chi connectivity index (χ1n) is 12.1. The minimum Gasteiger partial charge on any atom is -0.367 e. The second-order valence-electron chi connectivity index (χ2n) is 9.46. The van der Waals surface area contributed by atoms with E-state index in [9.17, 15) is 9.59 Å². The Hall–Kier alpha value is -3.19. The van der Waals surface area contributed by atoms with Gasteiger partial charge in [0.05, 0.1) is 11.2 Å². The number of hydrogen-bond donors (Lipinski definition) is 0. The van der Waals surface area contributed by atoms with Crippen molar-refractivity contribution in [1.82, 2.24) is 9.47 Å². The van der Waals surface area contributed by atoms with Crippen molar-refractivity contribution in [2.45, 2.75) is 32.7 Å². The van der Waals surface area contributed by atoms with E-state index in [-0.39, 0.29) is 22.9 Å². The number of anilines is 2. The molecule has 0 bridgehead atoms. The molecular formula is C27H31FN4O2. The third-order valence-electron chi connectivity index (χ3n) is 7.13. The Kier molecular flexibility index (Phi) is 5.90. The van der Waals surface area contributed by atoms with Crippen LogP contribution in [-0.2, 0) is 0 Å². The highest BCUT2D eigenvalue weighted by Gasteiger charge is 2.29. The van der Waals surface area contributed by atoms with Gasteiger partial charge in [-0.05, 0) is 56.1 Å². The number of pyridine rings is 1. The van der Waals surface area contributed by atoms with Crippen LogP contribution in [0.25, 0.3) is 10.9 Å². The minimum atomic E-state index is -0.419. The first kappa shape index (κ1) is 22.6. The molecule has 1 aliphatic heterocycles. The molecule has 6 nitrogen and oxygen atoms in total. The summed E-state index contributed by atoms with van der Waals surface area (Å²) in [5, 5.41) is 0.267. The number of carbonyl (C=O) groups excluding carboxylic acids is 1. The zero-order valence-corrected chi connectivity index (χ0v) is 20.1. The Balaban J connectivity index is 1.57. The third-order valence-corrected chi connectivity index (χ3v) is 7.13. The normalized spacial score (nSPS) is 16.8. The predicted molar refractivity (Wildman–Crippen MR) is 135 cm³/mol. The van der Waals surface area contributed by atoms with Crippen LogP contribution in [0.1, 0.15) is 41.7 Å². The van der Waals surface area contributed by atoms with Crippen LogP contribution in [0.5, 0.6) is 0 Å². The van der Waals surface area contributed by atoms with Gasteiger partial charge < -0.3 is 19.3 Å². The van der Waals surface area contributed by atoms with Gasteiger partial charge >= 0.3 is 0 Å². The lowest BCUT2D eigenvalue weighted by Gasteiger charge is -2.35. The molecule has 2 aliphatic rings. The van der Waals surface area contributed by atoms with Gasteiger partial charge in [-0.15, -0.1) is 0 Å². The first-order valence-corrected chi connectivity index (χ1v) is 12.1. The summed E-state index contributed by atoms with van der Waals surface area (Å²) in [4.78, 5) is 32.7. The fourth-order valence-corrected chi connectivity index (χ4v) is 4.85. The molecule has 34 heavy (non-hydrogen) atoms. The number of rotatable bonds is 5. The van der Waals surface area contributed by atoms with Crippen LogP contribution < -0.4 is 15.2 Å². The summed E-state index contributed by atoms with van der Waals surface area (Å²) in [6, 6.07) is 11.0. The van der Waals surface area contributed by atoms with E-state index in [1.165, 1.54) is 11.0 Å². The molecule has 0 spiro atoms. The maximum Gasteiger partial charge on any atom is 0.263 e. The smallest absolute Gasteiger partial charge is 0.263 e. The van der Waals surface area contributed by atoms with Crippen molar-refractivity contribution in [3.63, 3.8) is 0 Å². The van der Waals surface area contributed by atoms with E-state index in [0.717, 1.165) is 56.8 Å². The summed E-state index contributed by atoms with van der Waals surface area (Å²) in [5.74, 6) is -0.791. The summed E-state index contributed by atoms with van der Waals surface area (Å²) in [6.45, 7) is 8.37. The number of amides is 1. The molecule has 0 unspecified atom stereocenters. The lowest BCUT2D eigenvalue weighted by Crippen LogP contribution is -2.46. The highest BCUT2D eigenvalue weighted by Crippen LogP contribution is 2.38. The summed E-state index contributed by atoms with van der Waals surface area (Å²) in [5.41, 5.74) is 2.64. The molecule has 0 N–H and O–H groups in total. The standard InChI is InChI=1S/C27H31FN4O2/c1-4-30-10-12-31(13-11-30)25-16-24-21(15-23(25)28)26(33)22(17-32(24)19-8-9-19)27(34)29(3)20-7-5-6-18(2)14-20/h5-7,14-17,19H,4,8-13H2,1-3H3. The van der Waals surface area contributed by atoms with E-state index in [2.05, 4.69) is 16.7 Å². The molecule has 3 aromatic rings. The van der Waals surface area contributed by atoms with Gasteiger partial charge in [0.15, 0.2) is 0 Å². The lowest BCUT2D eigenvalue weighted by molar-refractivity contribution is 0.0991. The number of halogens is 1. The number of carbonyl (C=O) groups is 1. The molecule has 1 amide bonds. The van der Waals surface area contributed by atoms with Gasteiger partial charge in [-0.1, -0.05) is 19.1 Å². The number of benzene rings is 2. The molecule has 1 saturated carbocycles. The zero-order chi connectivity index (χ0) is 24.0. The number of aromatic nitrogens is 1. The molecular weight excluding hydrogens is 431 g/mol. The monoisotopic (exact) mass is 462 g/mol. The van der Waals surface area contributed by atoms with Gasteiger partial charge in [0.1, 0.15) is 11.4 Å². The largest absolute Gasteiger partial charge is 0.367 e. The van der Waals surface area contributed by atoms with Crippen molar-refractivity contribution in [3.05, 3.63) is 69.8 Å². The van der Waals surface area contributed by atoms with Crippen molar-refractivity contribution >= 4 is 28.2 Å². The van der Waals surface area contributed by atoms with Gasteiger partial charge in [0.2, 0.25) is 5.43 Å². The molecule has 1 aromatic heterocycles. The Morgan fingerprint density at radius 1 is 1.12 bits per heavy atom. The fraction of sp³-hybridized carbons (Fsp3) is 0.407. The van der Waals surface area contributed by atoms with Gasteiger partial charge in [0.25, 0.3) is 5.91 Å². The van der Waals surface area contributed by atoms with Crippen molar-refractivity contribution in [1.29, 1.82) is 0 Å². The maximum atomic E-state index is 15.3. The molecule has 7 heteroatoms. The van der Waals surface area contributed by atoms with Crippen LogP contribution in [0, 0.1) is 12.7 Å². The average Bonchev–Trinajstić information content (AvgIpc) is 3.69. The van der Waals surface area contributed by atoms with Crippen LogP contribution in [0.15, 0.2) is 47.4 Å². The maximum absolute atomic E-state index is 15.3. The van der Waals surface area contributed by atoms with Crippen molar-refractivity contribution in [2.75, 3.05) is 49.6 Å². The van der Waals surface area contributed by atoms with Crippen molar-refractivity contribution < 1.29 is 9.18 Å². The predicted octanol–water partition coefficient (Wildman–Crippen LogP) is 4.20. The van der Waals surface area contributed by atoms with Crippen LogP contribution in [0.3, 0.4) is 0 Å². The van der Waals surface area contributed by atoms with E-state index in [1.54, 1.807) is 13.2 Å². The molecule has 0 atom stereocenters. The van der Waals surface area contributed by atoms with Crippen LogP contribution in [-0.4, -0.2) is 55.1 Å². The highest BCUT2D eigenvalue weighted by molar-refractivity contribution is 6.07.